The first-order chi connectivity index (χ1) is 13.7. The van der Waals surface area contributed by atoms with Crippen molar-refractivity contribution in [2.45, 2.75) is 26.8 Å². The summed E-state index contributed by atoms with van der Waals surface area (Å²) < 4.78 is 7.33. The maximum absolute atomic E-state index is 12.6. The Morgan fingerprint density at radius 2 is 2.04 bits per heavy atom. The van der Waals surface area contributed by atoms with Crippen molar-refractivity contribution < 1.29 is 9.53 Å². The van der Waals surface area contributed by atoms with Crippen LogP contribution >= 0.6 is 0 Å². The normalized spacial score (nSPS) is 10.5. The Kier molecular flexibility index (Phi) is 6.62. The second kappa shape index (κ2) is 9.55. The number of carbonyl (C=O) groups is 1. The average molecular weight is 379 g/mol. The number of rotatable bonds is 9. The number of ether oxygens (including phenoxy) is 1. The van der Waals surface area contributed by atoms with Crippen LogP contribution in [0.5, 0.6) is 5.75 Å². The largest absolute Gasteiger partial charge is 0.494 e. The number of carbonyl (C=O) groups excluding carboxylic acids is 1. The predicted octanol–water partition coefficient (Wildman–Crippen LogP) is 3.55. The first kappa shape index (κ1) is 19.4. The fourth-order valence-electron chi connectivity index (χ4n) is 2.75. The van der Waals surface area contributed by atoms with Crippen LogP contribution in [0.4, 0.5) is 11.5 Å². The van der Waals surface area contributed by atoms with Crippen LogP contribution in [0, 0.1) is 6.92 Å². The molecule has 0 fully saturated rings. The number of benzene rings is 1. The molecule has 0 spiro atoms. The molecule has 3 aromatic rings. The zero-order chi connectivity index (χ0) is 19.8. The lowest BCUT2D eigenvalue weighted by Crippen LogP contribution is -2.26. The van der Waals surface area contributed by atoms with Crippen LogP contribution in [0.3, 0.4) is 0 Å². The van der Waals surface area contributed by atoms with Gasteiger partial charge in [0.05, 0.1) is 18.4 Å². The molecule has 0 aliphatic rings. The molecule has 0 saturated heterocycles. The van der Waals surface area contributed by atoms with Crippen molar-refractivity contribution in [1.82, 2.24) is 20.1 Å². The molecule has 1 aromatic carbocycles. The first-order valence-corrected chi connectivity index (χ1v) is 9.38. The third-order valence-corrected chi connectivity index (χ3v) is 4.09. The zero-order valence-corrected chi connectivity index (χ0v) is 16.2. The molecule has 2 aromatic heterocycles. The Hall–Kier alpha value is -3.35. The lowest BCUT2D eigenvalue weighted by atomic mass is 10.2. The van der Waals surface area contributed by atoms with E-state index in [1.807, 2.05) is 55.2 Å². The van der Waals surface area contributed by atoms with Crippen LogP contribution in [0.1, 0.15) is 29.3 Å². The molecule has 0 bridgehead atoms. The van der Waals surface area contributed by atoms with E-state index in [9.17, 15) is 4.79 Å². The molecule has 28 heavy (non-hydrogen) atoms. The Morgan fingerprint density at radius 1 is 1.21 bits per heavy atom. The maximum atomic E-state index is 12.6. The summed E-state index contributed by atoms with van der Waals surface area (Å²) in [6, 6.07) is 11.1. The summed E-state index contributed by atoms with van der Waals surface area (Å²) in [6.07, 6.45) is 6.28. The second-order valence-corrected chi connectivity index (χ2v) is 6.37. The zero-order valence-electron chi connectivity index (χ0n) is 16.2. The molecule has 1 amide bonds. The summed E-state index contributed by atoms with van der Waals surface area (Å²) >= 11 is 0. The SMILES string of the molecule is CCOc1ccc(Nc2ncccc2C(=O)NCCCn2cc(C)cn2)cc1. The van der Waals surface area contributed by atoms with Crippen molar-refractivity contribution in [3.05, 3.63) is 66.1 Å². The van der Waals surface area contributed by atoms with Gasteiger partial charge in [-0.05, 0) is 62.2 Å². The number of anilines is 2. The molecule has 0 unspecified atom stereocenters. The van der Waals surface area contributed by atoms with Crippen LogP contribution in [-0.2, 0) is 6.54 Å². The van der Waals surface area contributed by atoms with E-state index in [0.717, 1.165) is 30.0 Å². The van der Waals surface area contributed by atoms with Crippen LogP contribution in [0.25, 0.3) is 0 Å². The number of pyridine rings is 1. The van der Waals surface area contributed by atoms with Crippen LogP contribution in [0.2, 0.25) is 0 Å². The molecule has 0 atom stereocenters. The van der Waals surface area contributed by atoms with Crippen molar-refractivity contribution >= 4 is 17.4 Å². The molecule has 2 N–H and O–H groups in total. The number of nitrogens with zero attached hydrogens (tertiary/aromatic N) is 3. The summed E-state index contributed by atoms with van der Waals surface area (Å²) in [5, 5.41) is 10.4. The standard InChI is InChI=1S/C21H25N5O2/c1-3-28-18-9-7-17(8-10-18)25-20-19(6-4-11-22-20)21(27)23-12-5-13-26-15-16(2)14-24-26/h4,6-11,14-15H,3,5,12-13H2,1-2H3,(H,22,25)(H,23,27). The van der Waals surface area contributed by atoms with E-state index in [-0.39, 0.29) is 5.91 Å². The minimum absolute atomic E-state index is 0.154. The Balaban J connectivity index is 1.56. The molecular formula is C21H25N5O2. The fourth-order valence-corrected chi connectivity index (χ4v) is 2.75. The number of hydrogen-bond donors (Lipinski definition) is 2. The quantitative estimate of drug-likeness (QED) is 0.556. The summed E-state index contributed by atoms with van der Waals surface area (Å²) in [5.74, 6) is 1.17. The number of aryl methyl sites for hydroxylation is 2. The van der Waals surface area contributed by atoms with Gasteiger partial charge in [0.2, 0.25) is 0 Å². The fraction of sp³-hybridized carbons (Fsp3) is 0.286. The van der Waals surface area contributed by atoms with Gasteiger partial charge in [-0.15, -0.1) is 0 Å². The van der Waals surface area contributed by atoms with E-state index in [0.29, 0.717) is 24.5 Å². The van der Waals surface area contributed by atoms with Crippen LogP contribution in [-0.4, -0.2) is 33.8 Å². The van der Waals surface area contributed by atoms with Crippen molar-refractivity contribution in [2.24, 2.45) is 0 Å². The third kappa shape index (κ3) is 5.33. The monoisotopic (exact) mass is 379 g/mol. The van der Waals surface area contributed by atoms with Crippen molar-refractivity contribution in [2.75, 3.05) is 18.5 Å². The minimum atomic E-state index is -0.154. The Labute approximate surface area is 164 Å². The van der Waals surface area contributed by atoms with Gasteiger partial charge in [-0.3, -0.25) is 9.48 Å². The molecule has 7 nitrogen and oxygen atoms in total. The number of hydrogen-bond acceptors (Lipinski definition) is 5. The molecule has 0 saturated carbocycles. The van der Waals surface area contributed by atoms with Gasteiger partial charge in [0.25, 0.3) is 5.91 Å². The number of amides is 1. The highest BCUT2D eigenvalue weighted by Crippen LogP contribution is 2.21. The number of nitrogens with one attached hydrogen (secondary N) is 2. The van der Waals surface area contributed by atoms with E-state index in [4.69, 9.17) is 4.74 Å². The predicted molar refractivity (Wildman–Crippen MR) is 109 cm³/mol. The third-order valence-electron chi connectivity index (χ3n) is 4.09. The number of aromatic nitrogens is 3. The van der Waals surface area contributed by atoms with Gasteiger partial charge in [-0.25, -0.2) is 4.98 Å². The molecule has 0 aliphatic carbocycles. The van der Waals surface area contributed by atoms with E-state index in [2.05, 4.69) is 20.7 Å². The average Bonchev–Trinajstić information content (AvgIpc) is 3.12. The summed E-state index contributed by atoms with van der Waals surface area (Å²) in [6.45, 7) is 5.90. The lowest BCUT2D eigenvalue weighted by molar-refractivity contribution is 0.0953. The highest BCUT2D eigenvalue weighted by Gasteiger charge is 2.12. The molecule has 2 heterocycles. The van der Waals surface area contributed by atoms with E-state index in [1.54, 1.807) is 18.3 Å². The molecule has 0 aliphatic heterocycles. The maximum Gasteiger partial charge on any atom is 0.255 e. The summed E-state index contributed by atoms with van der Waals surface area (Å²) in [4.78, 5) is 16.9. The lowest BCUT2D eigenvalue weighted by Gasteiger charge is -2.12. The topological polar surface area (TPSA) is 81.1 Å². The molecule has 0 radical (unpaired) electrons. The van der Waals surface area contributed by atoms with Gasteiger partial charge in [0.1, 0.15) is 11.6 Å². The smallest absolute Gasteiger partial charge is 0.255 e. The molecule has 3 rings (SSSR count). The van der Waals surface area contributed by atoms with Gasteiger partial charge in [-0.1, -0.05) is 0 Å². The minimum Gasteiger partial charge on any atom is -0.494 e. The van der Waals surface area contributed by atoms with Crippen LogP contribution in [0.15, 0.2) is 55.0 Å². The van der Waals surface area contributed by atoms with Crippen molar-refractivity contribution in [3.8, 4) is 5.75 Å². The van der Waals surface area contributed by atoms with Gasteiger partial charge < -0.3 is 15.4 Å². The Morgan fingerprint density at radius 3 is 2.75 bits per heavy atom. The van der Waals surface area contributed by atoms with E-state index < -0.39 is 0 Å². The second-order valence-electron chi connectivity index (χ2n) is 6.37. The van der Waals surface area contributed by atoms with Gasteiger partial charge in [0, 0.05) is 31.2 Å². The molecule has 7 heteroatoms. The summed E-state index contributed by atoms with van der Waals surface area (Å²) in [7, 11) is 0. The van der Waals surface area contributed by atoms with Crippen molar-refractivity contribution in [1.29, 1.82) is 0 Å². The van der Waals surface area contributed by atoms with Gasteiger partial charge in [0.15, 0.2) is 0 Å². The first-order valence-electron chi connectivity index (χ1n) is 9.38. The van der Waals surface area contributed by atoms with Crippen molar-refractivity contribution in [3.63, 3.8) is 0 Å². The molecule has 146 valence electrons. The van der Waals surface area contributed by atoms with Crippen LogP contribution < -0.4 is 15.4 Å². The van der Waals surface area contributed by atoms with E-state index in [1.165, 1.54) is 0 Å². The highest BCUT2D eigenvalue weighted by molar-refractivity contribution is 5.99. The van der Waals surface area contributed by atoms with E-state index >= 15 is 0 Å². The highest BCUT2D eigenvalue weighted by atomic mass is 16.5. The van der Waals surface area contributed by atoms with Gasteiger partial charge in [-0.2, -0.15) is 5.10 Å². The summed E-state index contributed by atoms with van der Waals surface area (Å²) in [5.41, 5.74) is 2.47. The Bertz CT molecular complexity index is 905. The molecular weight excluding hydrogens is 354 g/mol. The van der Waals surface area contributed by atoms with Gasteiger partial charge >= 0.3 is 0 Å².